The van der Waals surface area contributed by atoms with E-state index < -0.39 is 11.9 Å². The van der Waals surface area contributed by atoms with E-state index in [1.165, 1.54) is 12.1 Å². The molecule has 0 spiro atoms. The molecule has 0 radical (unpaired) electrons. The third-order valence-corrected chi connectivity index (χ3v) is 2.56. The van der Waals surface area contributed by atoms with Gasteiger partial charge in [0.25, 0.3) is 0 Å². The molecule has 1 unspecified atom stereocenters. The van der Waals surface area contributed by atoms with E-state index in [0.717, 1.165) is 11.1 Å². The summed E-state index contributed by atoms with van der Waals surface area (Å²) in [6.07, 6.45) is 2.86. The van der Waals surface area contributed by atoms with Gasteiger partial charge in [-0.05, 0) is 44.4 Å². The van der Waals surface area contributed by atoms with Crippen LogP contribution in [-0.2, 0) is 11.2 Å². The van der Waals surface area contributed by atoms with Gasteiger partial charge in [-0.25, -0.2) is 4.39 Å². The standard InChI is InChI=1S/C14H17FO2/c1-10(2)3-6-12(14(16)17)9-11-4-7-13(15)8-5-11/h3-5,7-8,12H,6,9H2,1-2H3,(H,16,17). The lowest BCUT2D eigenvalue weighted by atomic mass is 9.95. The molecular weight excluding hydrogens is 219 g/mol. The Labute approximate surface area is 101 Å². The third kappa shape index (κ3) is 4.81. The van der Waals surface area contributed by atoms with E-state index in [0.29, 0.717) is 12.8 Å². The first-order valence-corrected chi connectivity index (χ1v) is 5.59. The smallest absolute Gasteiger partial charge is 0.307 e. The van der Waals surface area contributed by atoms with E-state index in [9.17, 15) is 9.18 Å². The number of carboxylic acids is 1. The zero-order valence-corrected chi connectivity index (χ0v) is 10.1. The molecule has 0 aliphatic heterocycles. The number of carbonyl (C=O) groups is 1. The van der Waals surface area contributed by atoms with Gasteiger partial charge in [0.2, 0.25) is 0 Å². The molecule has 1 aromatic rings. The highest BCUT2D eigenvalue weighted by molar-refractivity contribution is 5.70. The van der Waals surface area contributed by atoms with Crippen LogP contribution in [0.3, 0.4) is 0 Å². The van der Waals surface area contributed by atoms with E-state index in [2.05, 4.69) is 0 Å². The molecule has 0 aromatic heterocycles. The van der Waals surface area contributed by atoms with Crippen LogP contribution in [-0.4, -0.2) is 11.1 Å². The number of rotatable bonds is 5. The Morgan fingerprint density at radius 3 is 2.41 bits per heavy atom. The quantitative estimate of drug-likeness (QED) is 0.795. The molecule has 0 fully saturated rings. The number of hydrogen-bond acceptors (Lipinski definition) is 1. The molecule has 1 aromatic carbocycles. The van der Waals surface area contributed by atoms with Crippen molar-refractivity contribution in [2.24, 2.45) is 5.92 Å². The summed E-state index contributed by atoms with van der Waals surface area (Å²) in [7, 11) is 0. The highest BCUT2D eigenvalue weighted by Gasteiger charge is 2.16. The average Bonchev–Trinajstić information content (AvgIpc) is 2.26. The van der Waals surface area contributed by atoms with Gasteiger partial charge in [-0.3, -0.25) is 4.79 Å². The van der Waals surface area contributed by atoms with Crippen molar-refractivity contribution in [2.45, 2.75) is 26.7 Å². The first-order chi connectivity index (χ1) is 7.99. The molecule has 0 bridgehead atoms. The Hall–Kier alpha value is -1.64. The zero-order valence-electron chi connectivity index (χ0n) is 10.1. The van der Waals surface area contributed by atoms with E-state index in [1.54, 1.807) is 12.1 Å². The maximum atomic E-state index is 12.7. The summed E-state index contributed by atoms with van der Waals surface area (Å²) in [5.41, 5.74) is 1.95. The fourth-order valence-corrected chi connectivity index (χ4v) is 1.55. The molecule has 92 valence electrons. The Bertz CT molecular complexity index is 403. The normalized spacial score (nSPS) is 11.9. The second-order valence-electron chi connectivity index (χ2n) is 4.38. The maximum absolute atomic E-state index is 12.7. The predicted molar refractivity (Wildman–Crippen MR) is 65.3 cm³/mol. The summed E-state index contributed by atoms with van der Waals surface area (Å²) in [5.74, 6) is -1.56. The largest absolute Gasteiger partial charge is 0.481 e. The second kappa shape index (κ2) is 6.18. The van der Waals surface area contributed by atoms with Crippen LogP contribution in [0, 0.1) is 11.7 Å². The number of carboxylic acid groups (broad SMARTS) is 1. The second-order valence-corrected chi connectivity index (χ2v) is 4.38. The van der Waals surface area contributed by atoms with E-state index in [4.69, 9.17) is 5.11 Å². The van der Waals surface area contributed by atoms with Gasteiger partial charge in [-0.15, -0.1) is 0 Å². The Balaban J connectivity index is 2.70. The zero-order chi connectivity index (χ0) is 12.8. The van der Waals surface area contributed by atoms with E-state index in [1.807, 2.05) is 19.9 Å². The lowest BCUT2D eigenvalue weighted by molar-refractivity contribution is -0.141. The van der Waals surface area contributed by atoms with Gasteiger partial charge in [-0.1, -0.05) is 23.8 Å². The summed E-state index contributed by atoms with van der Waals surface area (Å²) >= 11 is 0. The van der Waals surface area contributed by atoms with Gasteiger partial charge >= 0.3 is 5.97 Å². The Morgan fingerprint density at radius 2 is 1.94 bits per heavy atom. The fourth-order valence-electron chi connectivity index (χ4n) is 1.55. The third-order valence-electron chi connectivity index (χ3n) is 2.56. The Kier molecular flexibility index (Phi) is 4.88. The molecule has 0 saturated heterocycles. The van der Waals surface area contributed by atoms with Crippen molar-refractivity contribution in [3.8, 4) is 0 Å². The summed E-state index contributed by atoms with van der Waals surface area (Å²) in [4.78, 5) is 11.1. The molecule has 1 atom stereocenters. The first-order valence-electron chi connectivity index (χ1n) is 5.59. The predicted octanol–water partition coefficient (Wildman–Crippen LogP) is 3.43. The number of allylic oxidation sites excluding steroid dienone is 2. The maximum Gasteiger partial charge on any atom is 0.307 e. The highest BCUT2D eigenvalue weighted by atomic mass is 19.1. The number of benzene rings is 1. The van der Waals surface area contributed by atoms with Crippen LogP contribution < -0.4 is 0 Å². The van der Waals surface area contributed by atoms with Gasteiger partial charge in [0.15, 0.2) is 0 Å². The molecule has 17 heavy (non-hydrogen) atoms. The van der Waals surface area contributed by atoms with E-state index >= 15 is 0 Å². The van der Waals surface area contributed by atoms with Gasteiger partial charge in [0, 0.05) is 0 Å². The minimum Gasteiger partial charge on any atom is -0.481 e. The molecule has 1 rings (SSSR count). The SMILES string of the molecule is CC(C)=CCC(Cc1ccc(F)cc1)C(=O)O. The minimum atomic E-state index is -0.813. The highest BCUT2D eigenvalue weighted by Crippen LogP contribution is 2.15. The summed E-state index contributed by atoms with van der Waals surface area (Å²) in [6.45, 7) is 3.88. The van der Waals surface area contributed by atoms with Crippen LogP contribution in [0.4, 0.5) is 4.39 Å². The molecule has 0 amide bonds. The molecule has 2 nitrogen and oxygen atoms in total. The van der Waals surface area contributed by atoms with Crippen molar-refractivity contribution in [2.75, 3.05) is 0 Å². The molecule has 0 aliphatic rings. The van der Waals surface area contributed by atoms with Gasteiger partial charge in [0.1, 0.15) is 5.82 Å². The lowest BCUT2D eigenvalue weighted by Crippen LogP contribution is -2.15. The van der Waals surface area contributed by atoms with Crippen LogP contribution in [0.1, 0.15) is 25.8 Å². The Morgan fingerprint density at radius 1 is 1.35 bits per heavy atom. The van der Waals surface area contributed by atoms with Crippen molar-refractivity contribution in [1.29, 1.82) is 0 Å². The average molecular weight is 236 g/mol. The monoisotopic (exact) mass is 236 g/mol. The number of halogens is 1. The topological polar surface area (TPSA) is 37.3 Å². The molecule has 0 aliphatic carbocycles. The van der Waals surface area contributed by atoms with Crippen molar-refractivity contribution >= 4 is 5.97 Å². The molecule has 3 heteroatoms. The minimum absolute atomic E-state index is 0.301. The van der Waals surface area contributed by atoms with Gasteiger partial charge in [-0.2, -0.15) is 0 Å². The molecular formula is C14H17FO2. The lowest BCUT2D eigenvalue weighted by Gasteiger charge is -2.10. The van der Waals surface area contributed by atoms with Crippen molar-refractivity contribution in [3.63, 3.8) is 0 Å². The number of hydrogen-bond donors (Lipinski definition) is 1. The molecule has 0 heterocycles. The van der Waals surface area contributed by atoms with Crippen LogP contribution in [0.15, 0.2) is 35.9 Å². The van der Waals surface area contributed by atoms with Crippen molar-refractivity contribution < 1.29 is 14.3 Å². The molecule has 0 saturated carbocycles. The van der Waals surface area contributed by atoms with Crippen LogP contribution in [0.25, 0.3) is 0 Å². The molecule has 1 N–H and O–H groups in total. The van der Waals surface area contributed by atoms with Crippen LogP contribution in [0.2, 0.25) is 0 Å². The van der Waals surface area contributed by atoms with Crippen molar-refractivity contribution in [1.82, 2.24) is 0 Å². The summed E-state index contributed by atoms with van der Waals surface area (Å²) in [6, 6.07) is 5.98. The van der Waals surface area contributed by atoms with Crippen LogP contribution >= 0.6 is 0 Å². The van der Waals surface area contributed by atoms with Crippen molar-refractivity contribution in [3.05, 3.63) is 47.3 Å². The fraction of sp³-hybridized carbons (Fsp3) is 0.357. The van der Waals surface area contributed by atoms with Gasteiger partial charge < -0.3 is 5.11 Å². The van der Waals surface area contributed by atoms with Crippen LogP contribution in [0.5, 0.6) is 0 Å². The van der Waals surface area contributed by atoms with Gasteiger partial charge in [0.05, 0.1) is 5.92 Å². The number of aliphatic carboxylic acids is 1. The first kappa shape index (κ1) is 13.4. The van der Waals surface area contributed by atoms with E-state index in [-0.39, 0.29) is 5.82 Å². The summed E-state index contributed by atoms with van der Waals surface area (Å²) in [5, 5.41) is 9.10. The summed E-state index contributed by atoms with van der Waals surface area (Å²) < 4.78 is 12.7.